The van der Waals surface area contributed by atoms with Crippen LogP contribution in [-0.4, -0.2) is 35.2 Å². The molecule has 0 fully saturated rings. The summed E-state index contributed by atoms with van der Waals surface area (Å²) in [5.41, 5.74) is 1.26. The van der Waals surface area contributed by atoms with Crippen molar-refractivity contribution in [1.82, 2.24) is 9.88 Å². The minimum atomic E-state index is -0.501. The van der Waals surface area contributed by atoms with Crippen LogP contribution in [0.25, 0.3) is 10.9 Å². The zero-order valence-electron chi connectivity index (χ0n) is 13.3. The number of aromatic hydroxyl groups is 1. The van der Waals surface area contributed by atoms with Gasteiger partial charge in [-0.2, -0.15) is 0 Å². The van der Waals surface area contributed by atoms with Crippen LogP contribution in [0.2, 0.25) is 0 Å². The number of hydrogen-bond acceptors (Lipinski definition) is 3. The number of carbonyl (C=O) groups excluding carboxylic acids is 1. The van der Waals surface area contributed by atoms with Crippen molar-refractivity contribution in [3.8, 4) is 5.75 Å². The van der Waals surface area contributed by atoms with Crippen LogP contribution in [0.3, 0.4) is 0 Å². The van der Waals surface area contributed by atoms with Gasteiger partial charge in [-0.3, -0.25) is 9.59 Å². The monoisotopic (exact) mass is 316 g/mol. The summed E-state index contributed by atoms with van der Waals surface area (Å²) in [7, 11) is 0. The van der Waals surface area contributed by atoms with E-state index in [-0.39, 0.29) is 11.3 Å². The van der Waals surface area contributed by atoms with Crippen molar-refractivity contribution >= 4 is 16.8 Å². The van der Waals surface area contributed by atoms with Crippen LogP contribution in [0.4, 0.5) is 0 Å². The zero-order chi connectivity index (χ0) is 16.4. The van der Waals surface area contributed by atoms with Crippen molar-refractivity contribution in [3.63, 3.8) is 0 Å². The highest BCUT2D eigenvalue weighted by atomic mass is 16.3. The standard InChI is InChI=1S/C17H21N3O3/c1-2-18-8-9-19-16(22)13-15(21)12-7-3-5-11-6-4-10-20(14(11)12)17(13)23/h3,5,7,18,21H,2,4,6,8-10H2,1H3,(H,19,22)/p+1. The molecular formula is C17H22N3O3+. The fourth-order valence-electron chi connectivity index (χ4n) is 3.20. The Morgan fingerprint density at radius 2 is 2.26 bits per heavy atom. The number of rotatable bonds is 5. The normalized spacial score (nSPS) is 13.3. The molecule has 1 aliphatic rings. The molecule has 4 N–H and O–H groups in total. The Balaban J connectivity index is 2.05. The molecule has 0 saturated carbocycles. The molecule has 0 atom stereocenters. The second kappa shape index (κ2) is 6.42. The van der Waals surface area contributed by atoms with Gasteiger partial charge in [-0.15, -0.1) is 0 Å². The van der Waals surface area contributed by atoms with Crippen molar-refractivity contribution in [1.29, 1.82) is 0 Å². The van der Waals surface area contributed by atoms with Gasteiger partial charge in [0.05, 0.1) is 25.2 Å². The van der Waals surface area contributed by atoms with Gasteiger partial charge in [0.1, 0.15) is 11.3 Å². The molecule has 1 aromatic heterocycles. The number of pyridine rings is 1. The SMILES string of the molecule is CC[NH2+]CCNC(=O)c1c(O)c2cccc3c2n(c1=O)CCC3. The molecule has 0 spiro atoms. The van der Waals surface area contributed by atoms with E-state index in [4.69, 9.17) is 0 Å². The van der Waals surface area contributed by atoms with E-state index >= 15 is 0 Å². The third-order valence-corrected chi connectivity index (χ3v) is 4.32. The first-order valence-electron chi connectivity index (χ1n) is 8.12. The number of likely N-dealkylation sites (N-methyl/N-ethyl adjacent to an activating group) is 1. The molecule has 3 rings (SSSR count). The number of amides is 1. The van der Waals surface area contributed by atoms with Crippen LogP contribution in [0.1, 0.15) is 29.3 Å². The minimum absolute atomic E-state index is 0.145. The number of carbonyl (C=O) groups is 1. The van der Waals surface area contributed by atoms with Gasteiger partial charge >= 0.3 is 0 Å². The maximum atomic E-state index is 12.7. The number of nitrogens with two attached hydrogens (primary N) is 1. The maximum absolute atomic E-state index is 12.7. The predicted molar refractivity (Wildman–Crippen MR) is 87.9 cm³/mol. The molecule has 0 bridgehead atoms. The molecule has 23 heavy (non-hydrogen) atoms. The molecule has 122 valence electrons. The Morgan fingerprint density at radius 3 is 3.04 bits per heavy atom. The molecule has 0 saturated heterocycles. The Hall–Kier alpha value is -2.34. The van der Waals surface area contributed by atoms with Crippen molar-refractivity contribution in [2.24, 2.45) is 0 Å². The molecule has 0 radical (unpaired) electrons. The molecule has 2 aromatic rings. The number of para-hydroxylation sites is 1. The van der Waals surface area contributed by atoms with Crippen molar-refractivity contribution in [3.05, 3.63) is 39.7 Å². The van der Waals surface area contributed by atoms with E-state index in [0.29, 0.717) is 18.5 Å². The molecular weight excluding hydrogens is 294 g/mol. The largest absolute Gasteiger partial charge is 0.506 e. The topological polar surface area (TPSA) is 87.9 Å². The second-order valence-corrected chi connectivity index (χ2v) is 5.84. The first kappa shape index (κ1) is 15.6. The fourth-order valence-corrected chi connectivity index (χ4v) is 3.20. The van der Waals surface area contributed by atoms with Crippen LogP contribution in [-0.2, 0) is 13.0 Å². The summed E-state index contributed by atoms with van der Waals surface area (Å²) in [6, 6.07) is 5.59. The lowest BCUT2D eigenvalue weighted by Crippen LogP contribution is -2.85. The Morgan fingerprint density at radius 1 is 1.43 bits per heavy atom. The molecule has 0 unspecified atom stereocenters. The van der Waals surface area contributed by atoms with E-state index in [9.17, 15) is 14.7 Å². The van der Waals surface area contributed by atoms with Gasteiger partial charge in [-0.1, -0.05) is 12.1 Å². The molecule has 1 aromatic carbocycles. The number of aromatic nitrogens is 1. The summed E-state index contributed by atoms with van der Waals surface area (Å²) >= 11 is 0. The maximum Gasteiger partial charge on any atom is 0.267 e. The van der Waals surface area contributed by atoms with Crippen LogP contribution in [0.15, 0.2) is 23.0 Å². The third-order valence-electron chi connectivity index (χ3n) is 4.32. The van der Waals surface area contributed by atoms with E-state index in [1.807, 2.05) is 19.1 Å². The molecule has 0 aliphatic carbocycles. The van der Waals surface area contributed by atoms with Gasteiger partial charge in [-0.05, 0) is 31.4 Å². The number of benzene rings is 1. The van der Waals surface area contributed by atoms with Crippen molar-refractivity contribution in [2.75, 3.05) is 19.6 Å². The van der Waals surface area contributed by atoms with Gasteiger partial charge in [0.25, 0.3) is 11.5 Å². The predicted octanol–water partition coefficient (Wildman–Crippen LogP) is -0.0336. The molecule has 1 amide bonds. The summed E-state index contributed by atoms with van der Waals surface area (Å²) in [6.07, 6.45) is 1.75. The van der Waals surface area contributed by atoms with Crippen LogP contribution >= 0.6 is 0 Å². The smallest absolute Gasteiger partial charge is 0.267 e. The Bertz CT molecular complexity index is 811. The number of nitrogens with zero attached hydrogens (tertiary/aromatic N) is 1. The lowest BCUT2D eigenvalue weighted by molar-refractivity contribution is -0.649. The average Bonchev–Trinajstić information content (AvgIpc) is 2.56. The summed E-state index contributed by atoms with van der Waals surface area (Å²) in [5.74, 6) is -0.708. The van der Waals surface area contributed by atoms with Gasteiger partial charge in [0.15, 0.2) is 0 Å². The van der Waals surface area contributed by atoms with E-state index in [1.165, 1.54) is 0 Å². The third kappa shape index (κ3) is 2.70. The highest BCUT2D eigenvalue weighted by Gasteiger charge is 2.24. The van der Waals surface area contributed by atoms with Crippen LogP contribution in [0, 0.1) is 0 Å². The van der Waals surface area contributed by atoms with Crippen LogP contribution < -0.4 is 16.2 Å². The van der Waals surface area contributed by atoms with Gasteiger partial charge in [0, 0.05) is 11.9 Å². The lowest BCUT2D eigenvalue weighted by atomic mass is 9.99. The van der Waals surface area contributed by atoms with Gasteiger partial charge in [-0.25, -0.2) is 0 Å². The number of quaternary nitrogens is 1. The number of aryl methyl sites for hydroxylation is 2. The summed E-state index contributed by atoms with van der Waals surface area (Å²) < 4.78 is 1.63. The molecule has 6 nitrogen and oxygen atoms in total. The Kier molecular flexibility index (Phi) is 4.34. The highest BCUT2D eigenvalue weighted by molar-refractivity contribution is 6.02. The molecule has 6 heteroatoms. The zero-order valence-corrected chi connectivity index (χ0v) is 13.3. The summed E-state index contributed by atoms with van der Waals surface area (Å²) in [6.45, 7) is 4.76. The van der Waals surface area contributed by atoms with Gasteiger partial charge < -0.3 is 20.3 Å². The molecule has 2 heterocycles. The number of nitrogens with one attached hydrogen (secondary N) is 1. The lowest BCUT2D eigenvalue weighted by Gasteiger charge is -2.21. The van der Waals surface area contributed by atoms with E-state index in [1.54, 1.807) is 10.6 Å². The first-order chi connectivity index (χ1) is 11.1. The summed E-state index contributed by atoms with van der Waals surface area (Å²) in [4.78, 5) is 25.1. The highest BCUT2D eigenvalue weighted by Crippen LogP contribution is 2.31. The first-order valence-corrected chi connectivity index (χ1v) is 8.12. The van der Waals surface area contributed by atoms with E-state index in [0.717, 1.165) is 37.0 Å². The fraction of sp³-hybridized carbons (Fsp3) is 0.412. The average molecular weight is 316 g/mol. The summed E-state index contributed by atoms with van der Waals surface area (Å²) in [5, 5.41) is 15.8. The van der Waals surface area contributed by atoms with Gasteiger partial charge in [0.2, 0.25) is 0 Å². The van der Waals surface area contributed by atoms with E-state index in [2.05, 4.69) is 10.6 Å². The van der Waals surface area contributed by atoms with Crippen molar-refractivity contribution in [2.45, 2.75) is 26.3 Å². The minimum Gasteiger partial charge on any atom is -0.506 e. The molecule has 1 aliphatic heterocycles. The Labute approximate surface area is 134 Å². The van der Waals surface area contributed by atoms with E-state index < -0.39 is 11.5 Å². The number of hydrogen-bond donors (Lipinski definition) is 3. The second-order valence-electron chi connectivity index (χ2n) is 5.84. The van der Waals surface area contributed by atoms with Crippen LogP contribution in [0.5, 0.6) is 5.75 Å². The quantitative estimate of drug-likeness (QED) is 0.677. The van der Waals surface area contributed by atoms with Crippen molar-refractivity contribution < 1.29 is 15.2 Å².